The van der Waals surface area contributed by atoms with Gasteiger partial charge in [-0.25, -0.2) is 9.59 Å². The smallest absolute Gasteiger partial charge is 0.340 e. The predicted molar refractivity (Wildman–Crippen MR) is 271 cm³/mol. The summed E-state index contributed by atoms with van der Waals surface area (Å²) in [6, 6.07) is 5.95. The minimum absolute atomic E-state index is 0.0407. The van der Waals surface area contributed by atoms with E-state index < -0.39 is 46.0 Å². The molecule has 12 nitrogen and oxygen atoms in total. The third-order valence-corrected chi connectivity index (χ3v) is 17.2. The highest BCUT2D eigenvalue weighted by Gasteiger charge is 2.77. The number of hydrogen-bond acceptors (Lipinski definition) is 10. The Morgan fingerprint density at radius 1 is 0.887 bits per heavy atom. The third kappa shape index (κ3) is 8.84. The van der Waals surface area contributed by atoms with Crippen LogP contribution < -0.4 is 9.47 Å². The van der Waals surface area contributed by atoms with Crippen molar-refractivity contribution in [3.63, 3.8) is 0 Å². The van der Waals surface area contributed by atoms with Gasteiger partial charge in [-0.15, -0.1) is 0 Å². The van der Waals surface area contributed by atoms with Crippen molar-refractivity contribution in [1.29, 1.82) is 0 Å². The van der Waals surface area contributed by atoms with Gasteiger partial charge in [-0.2, -0.15) is 0 Å². The summed E-state index contributed by atoms with van der Waals surface area (Å²) in [6.45, 7) is 19.1. The lowest BCUT2D eigenvalue weighted by atomic mass is 9.55. The quantitative estimate of drug-likeness (QED) is 0.0950. The van der Waals surface area contributed by atoms with Crippen LogP contribution in [0.4, 0.5) is 0 Å². The number of ether oxygens (including phenoxy) is 4. The summed E-state index contributed by atoms with van der Waals surface area (Å²) in [5.74, 6) is -1.21. The SMILES string of the molecule is CC(C)=CCCC1(C)C=Cc2c(O)c3c(c(CC=C(C)C)c2O1)OC12C(=CCCC1C(C)(C)OC2(CC=C(C)C(=O)O)C(=O)O)C3=O.CCC(=O)OC1CCC2C3CCc4cc(O)ccc4C3CCC12C. The average Bonchev–Trinajstić information content (AvgIpc) is 3.74. The zero-order valence-corrected chi connectivity index (χ0v) is 43.3. The first-order chi connectivity index (χ1) is 33.4. The van der Waals surface area contributed by atoms with E-state index in [1.54, 1.807) is 26.0 Å². The number of hydrogen-bond donors (Lipinski definition) is 4. The van der Waals surface area contributed by atoms with Crippen LogP contribution in [0.2, 0.25) is 0 Å². The molecule has 3 fully saturated rings. The summed E-state index contributed by atoms with van der Waals surface area (Å²) >= 11 is 0. The number of carboxylic acid groups (broad SMARTS) is 2. The van der Waals surface area contributed by atoms with Gasteiger partial charge in [0.15, 0.2) is 11.4 Å². The Morgan fingerprint density at radius 3 is 2.30 bits per heavy atom. The normalized spacial score (nSPS) is 31.4. The number of allylic oxidation sites excluding steroid dienone is 5. The molecule has 2 aromatic carbocycles. The standard InChI is InChI=1S/C38H46O9.C21H28O3/c1-21(2)11-10-18-36(8)19-17-24-29(39)28-30(40)26-12-9-13-27-35(6,7)47-37(34(43)44,20-16-23(5)33(41)42)38(26,27)46-32(28)25(31(24)45-36)15-14-22(3)4;1-3-20(23)24-19-9-8-18-17-6-4-13-12-14(22)5-7-15(13)16(17)10-11-21(18,19)2/h11-12,14,16-17,19,27,39H,9-10,13,15,18,20H2,1-8H3,(H,41,42)(H,43,44);5,7,12,16-19,22H,3-4,6,8-11H2,1-2H3. The van der Waals surface area contributed by atoms with E-state index in [0.717, 1.165) is 31.3 Å². The molecule has 71 heavy (non-hydrogen) atoms. The number of Topliss-reactive ketones (excluding diaryl/α,β-unsaturated/α-hetero) is 1. The van der Waals surface area contributed by atoms with Gasteiger partial charge in [-0.3, -0.25) is 9.59 Å². The maximum Gasteiger partial charge on any atom is 0.340 e. The highest BCUT2D eigenvalue weighted by molar-refractivity contribution is 6.17. The molecule has 2 aromatic rings. The molecule has 3 aliphatic heterocycles. The van der Waals surface area contributed by atoms with Crippen LogP contribution in [0.1, 0.15) is 178 Å². The lowest BCUT2D eigenvalue weighted by molar-refractivity contribution is -0.184. The Bertz CT molecular complexity index is 2670. The zero-order chi connectivity index (χ0) is 51.6. The fraction of sp³-hybridized carbons (Fsp3) is 0.559. The van der Waals surface area contributed by atoms with E-state index in [1.807, 2.05) is 65.8 Å². The van der Waals surface area contributed by atoms with Crippen molar-refractivity contribution in [2.45, 2.75) is 187 Å². The summed E-state index contributed by atoms with van der Waals surface area (Å²) in [5.41, 5.74) is 0.283. The molecule has 4 N–H and O–H groups in total. The summed E-state index contributed by atoms with van der Waals surface area (Å²) in [5, 5.41) is 42.2. The van der Waals surface area contributed by atoms with Crippen molar-refractivity contribution in [2.75, 3.05) is 0 Å². The number of aromatic hydroxyl groups is 2. The Hall–Kier alpha value is -5.62. The molecule has 9 rings (SSSR count). The van der Waals surface area contributed by atoms with Crippen LogP contribution in [0.15, 0.2) is 70.9 Å². The number of carbonyl (C=O) groups is 4. The van der Waals surface area contributed by atoms with Crippen LogP contribution in [-0.2, 0) is 36.7 Å². The molecule has 0 bridgehead atoms. The lowest BCUT2D eigenvalue weighted by Crippen LogP contribution is -2.66. The fourth-order valence-electron chi connectivity index (χ4n) is 13.6. The van der Waals surface area contributed by atoms with Gasteiger partial charge in [0.1, 0.15) is 40.3 Å². The van der Waals surface area contributed by atoms with Gasteiger partial charge < -0.3 is 39.4 Å². The average molecular weight is 975 g/mol. The van der Waals surface area contributed by atoms with Gasteiger partial charge >= 0.3 is 17.9 Å². The van der Waals surface area contributed by atoms with Gasteiger partial charge in [0.2, 0.25) is 5.60 Å². The first-order valence-corrected chi connectivity index (χ1v) is 25.8. The number of ketones is 1. The number of carboxylic acids is 2. The molecule has 4 aliphatic carbocycles. The van der Waals surface area contributed by atoms with Crippen LogP contribution in [-0.4, -0.2) is 72.6 Å². The summed E-state index contributed by atoms with van der Waals surface area (Å²) in [6.07, 6.45) is 20.5. The second kappa shape index (κ2) is 19.1. The van der Waals surface area contributed by atoms with Crippen molar-refractivity contribution in [1.82, 2.24) is 0 Å². The monoisotopic (exact) mass is 975 g/mol. The number of phenols is 2. The number of aryl methyl sites for hydroxylation is 1. The minimum Gasteiger partial charge on any atom is -0.508 e. The fourth-order valence-corrected chi connectivity index (χ4v) is 13.6. The molecule has 1 saturated heterocycles. The molecule has 1 spiro atoms. The number of carbonyl (C=O) groups excluding carboxylic acids is 2. The summed E-state index contributed by atoms with van der Waals surface area (Å²) in [4.78, 5) is 51.9. The first kappa shape index (κ1) is 51.7. The van der Waals surface area contributed by atoms with Gasteiger partial charge in [-0.05, 0) is 179 Å². The van der Waals surface area contributed by atoms with Crippen molar-refractivity contribution in [3.05, 3.63) is 98.7 Å². The van der Waals surface area contributed by atoms with E-state index in [1.165, 1.54) is 49.0 Å². The Labute approximate surface area is 418 Å². The van der Waals surface area contributed by atoms with Crippen LogP contribution in [0.25, 0.3) is 6.08 Å². The van der Waals surface area contributed by atoms with Crippen molar-refractivity contribution < 1.29 is 58.6 Å². The topological polar surface area (TPSA) is 186 Å². The van der Waals surface area contributed by atoms with E-state index in [9.17, 15) is 39.6 Å². The number of phenolic OH excluding ortho intramolecular Hbond substituents is 2. The number of rotatable bonds is 11. The summed E-state index contributed by atoms with van der Waals surface area (Å²) in [7, 11) is 0. The van der Waals surface area contributed by atoms with E-state index in [2.05, 4.69) is 19.1 Å². The molecule has 0 aromatic heterocycles. The number of benzene rings is 2. The van der Waals surface area contributed by atoms with Crippen molar-refractivity contribution in [2.24, 2.45) is 23.2 Å². The second-order valence-corrected chi connectivity index (χ2v) is 22.7. The molecule has 12 heteroatoms. The molecule has 9 atom stereocenters. The molecular weight excluding hydrogens is 901 g/mol. The number of aliphatic carboxylic acids is 2. The van der Waals surface area contributed by atoms with Crippen molar-refractivity contribution in [3.8, 4) is 23.0 Å². The van der Waals surface area contributed by atoms with Crippen LogP contribution in [0.3, 0.4) is 0 Å². The zero-order valence-electron chi connectivity index (χ0n) is 43.3. The van der Waals surface area contributed by atoms with Crippen LogP contribution >= 0.6 is 0 Å². The maximum atomic E-state index is 14.7. The number of fused-ring (bicyclic) bond motifs is 7. The van der Waals surface area contributed by atoms with Gasteiger partial charge in [0.05, 0.1) is 11.2 Å². The summed E-state index contributed by atoms with van der Waals surface area (Å²) < 4.78 is 26.1. The Morgan fingerprint density at radius 2 is 1.62 bits per heavy atom. The van der Waals surface area contributed by atoms with Gasteiger partial charge in [-0.1, -0.05) is 55.4 Å². The maximum absolute atomic E-state index is 14.7. The first-order valence-electron chi connectivity index (χ1n) is 25.8. The Balaban J connectivity index is 0.000000234. The molecular formula is C59H74O12. The molecule has 9 unspecified atom stereocenters. The van der Waals surface area contributed by atoms with E-state index >= 15 is 0 Å². The van der Waals surface area contributed by atoms with Gasteiger partial charge in [0.25, 0.3) is 0 Å². The van der Waals surface area contributed by atoms with E-state index in [-0.39, 0.29) is 52.1 Å². The minimum atomic E-state index is -2.16. The second-order valence-electron chi connectivity index (χ2n) is 22.7. The third-order valence-electron chi connectivity index (χ3n) is 17.2. The largest absolute Gasteiger partial charge is 0.508 e. The van der Waals surface area contributed by atoms with Crippen LogP contribution in [0, 0.1) is 23.2 Å². The van der Waals surface area contributed by atoms with Gasteiger partial charge in [0, 0.05) is 40.9 Å². The van der Waals surface area contributed by atoms with E-state index in [4.69, 9.17) is 18.9 Å². The van der Waals surface area contributed by atoms with E-state index in [0.29, 0.717) is 72.5 Å². The lowest BCUT2D eigenvalue weighted by Gasteiger charge is -2.50. The van der Waals surface area contributed by atoms with Crippen LogP contribution in [0.5, 0.6) is 23.0 Å². The predicted octanol–water partition coefficient (Wildman–Crippen LogP) is 12.1. The number of esters is 1. The van der Waals surface area contributed by atoms with Crippen molar-refractivity contribution >= 4 is 29.8 Å². The molecule has 2 saturated carbocycles. The molecule has 3 heterocycles. The highest BCUT2D eigenvalue weighted by atomic mass is 16.6. The molecule has 382 valence electrons. The molecule has 0 radical (unpaired) electrons. The Kier molecular flexibility index (Phi) is 13.9. The molecule has 7 aliphatic rings. The molecule has 0 amide bonds. The highest BCUT2D eigenvalue weighted by Crippen LogP contribution is 2.65.